The molecule has 3 aromatic rings. The second-order valence-corrected chi connectivity index (χ2v) is 6.78. The lowest BCUT2D eigenvalue weighted by Gasteiger charge is -2.09. The van der Waals surface area contributed by atoms with E-state index < -0.39 is 6.43 Å². The van der Waals surface area contributed by atoms with Gasteiger partial charge in [0.1, 0.15) is 12.1 Å². The van der Waals surface area contributed by atoms with Gasteiger partial charge in [-0.2, -0.15) is 9.97 Å². The van der Waals surface area contributed by atoms with Crippen LogP contribution in [0.3, 0.4) is 0 Å². The molecule has 140 valence electrons. The standard InChI is InChI=1S/C19H17F2N3O2S/c1-26-19-23-14(15-6-7-16(27-15)18(20)21)10-17(24-19)22-9-8-12-2-4-13(11-25)5-3-12/h2-7,10-11,18H,8-9H2,1H3,(H,22,23,24). The number of halogens is 2. The van der Waals surface area contributed by atoms with Crippen molar-refractivity contribution in [3.63, 3.8) is 0 Å². The normalized spacial score (nSPS) is 10.8. The summed E-state index contributed by atoms with van der Waals surface area (Å²) in [5, 5.41) is 3.19. The summed E-state index contributed by atoms with van der Waals surface area (Å²) < 4.78 is 30.8. The third kappa shape index (κ3) is 4.85. The Morgan fingerprint density at radius 2 is 1.96 bits per heavy atom. The average molecular weight is 389 g/mol. The van der Waals surface area contributed by atoms with Crippen molar-refractivity contribution in [2.24, 2.45) is 0 Å². The molecule has 0 atom stereocenters. The number of rotatable bonds is 8. The van der Waals surface area contributed by atoms with Gasteiger partial charge < -0.3 is 10.1 Å². The molecule has 0 saturated heterocycles. The van der Waals surface area contributed by atoms with Crippen LogP contribution in [-0.2, 0) is 6.42 Å². The Hall–Kier alpha value is -2.87. The van der Waals surface area contributed by atoms with E-state index in [0.29, 0.717) is 28.5 Å². The molecule has 3 rings (SSSR count). The Kier molecular flexibility index (Phi) is 6.08. The van der Waals surface area contributed by atoms with Gasteiger partial charge in [-0.05, 0) is 24.1 Å². The van der Waals surface area contributed by atoms with Crippen LogP contribution in [0.1, 0.15) is 27.2 Å². The number of anilines is 1. The van der Waals surface area contributed by atoms with E-state index in [1.807, 2.05) is 12.1 Å². The van der Waals surface area contributed by atoms with Crippen LogP contribution in [0.5, 0.6) is 6.01 Å². The first-order chi connectivity index (χ1) is 13.1. The average Bonchev–Trinajstić information content (AvgIpc) is 3.19. The van der Waals surface area contributed by atoms with Gasteiger partial charge in [-0.1, -0.05) is 24.3 Å². The number of carbonyl (C=O) groups is 1. The van der Waals surface area contributed by atoms with Crippen LogP contribution in [0, 0.1) is 0 Å². The predicted octanol–water partition coefficient (Wildman–Crippen LogP) is 4.62. The molecule has 0 saturated carbocycles. The first-order valence-corrected chi connectivity index (χ1v) is 9.00. The minimum atomic E-state index is -2.50. The number of benzene rings is 1. The molecule has 1 aromatic carbocycles. The second-order valence-electron chi connectivity index (χ2n) is 5.66. The molecule has 0 spiro atoms. The summed E-state index contributed by atoms with van der Waals surface area (Å²) in [5.74, 6) is 0.549. The lowest BCUT2D eigenvalue weighted by molar-refractivity contribution is 0.112. The molecular weight excluding hydrogens is 372 g/mol. The quantitative estimate of drug-likeness (QED) is 0.570. The van der Waals surface area contributed by atoms with Crippen LogP contribution in [0.15, 0.2) is 42.5 Å². The van der Waals surface area contributed by atoms with Crippen LogP contribution in [0.4, 0.5) is 14.6 Å². The highest BCUT2D eigenvalue weighted by atomic mass is 32.1. The Morgan fingerprint density at radius 3 is 2.59 bits per heavy atom. The fraction of sp³-hybridized carbons (Fsp3) is 0.211. The molecule has 2 heterocycles. The zero-order chi connectivity index (χ0) is 19.2. The maximum Gasteiger partial charge on any atom is 0.318 e. The van der Waals surface area contributed by atoms with Crippen LogP contribution >= 0.6 is 11.3 Å². The van der Waals surface area contributed by atoms with Crippen molar-refractivity contribution in [1.29, 1.82) is 0 Å². The van der Waals surface area contributed by atoms with Gasteiger partial charge in [0.15, 0.2) is 0 Å². The first-order valence-electron chi connectivity index (χ1n) is 8.18. The van der Waals surface area contributed by atoms with E-state index in [-0.39, 0.29) is 10.9 Å². The van der Waals surface area contributed by atoms with Gasteiger partial charge in [0, 0.05) is 18.2 Å². The molecule has 0 bridgehead atoms. The number of carbonyl (C=O) groups excluding carboxylic acids is 1. The van der Waals surface area contributed by atoms with Crippen LogP contribution in [0.25, 0.3) is 10.6 Å². The molecular formula is C19H17F2N3O2S. The van der Waals surface area contributed by atoms with Gasteiger partial charge in [0.2, 0.25) is 0 Å². The molecule has 0 unspecified atom stereocenters. The monoisotopic (exact) mass is 389 g/mol. The molecule has 1 N–H and O–H groups in total. The minimum Gasteiger partial charge on any atom is -0.467 e. The highest BCUT2D eigenvalue weighted by molar-refractivity contribution is 7.15. The third-order valence-corrected chi connectivity index (χ3v) is 4.93. The topological polar surface area (TPSA) is 64.1 Å². The van der Waals surface area contributed by atoms with Gasteiger partial charge in [-0.25, -0.2) is 8.78 Å². The number of alkyl halides is 2. The van der Waals surface area contributed by atoms with Gasteiger partial charge >= 0.3 is 6.01 Å². The summed E-state index contributed by atoms with van der Waals surface area (Å²) in [6, 6.07) is 12.2. The number of nitrogens with one attached hydrogen (secondary N) is 1. The van der Waals surface area contributed by atoms with E-state index in [1.54, 1.807) is 24.3 Å². The number of methoxy groups -OCH3 is 1. The summed E-state index contributed by atoms with van der Waals surface area (Å²) in [6.45, 7) is 0.604. The fourth-order valence-electron chi connectivity index (χ4n) is 2.44. The van der Waals surface area contributed by atoms with E-state index in [2.05, 4.69) is 15.3 Å². The summed E-state index contributed by atoms with van der Waals surface area (Å²) >= 11 is 0.994. The van der Waals surface area contributed by atoms with E-state index in [4.69, 9.17) is 4.74 Å². The number of nitrogens with zero attached hydrogens (tertiary/aromatic N) is 2. The number of aldehydes is 1. The van der Waals surface area contributed by atoms with Crippen molar-refractivity contribution in [2.75, 3.05) is 19.0 Å². The van der Waals surface area contributed by atoms with Crippen molar-refractivity contribution in [3.05, 3.63) is 58.5 Å². The number of hydrogen-bond donors (Lipinski definition) is 1. The van der Waals surface area contributed by atoms with Crippen molar-refractivity contribution in [3.8, 4) is 16.6 Å². The second kappa shape index (κ2) is 8.68. The van der Waals surface area contributed by atoms with Gasteiger partial charge in [0.05, 0.1) is 22.6 Å². The Balaban J connectivity index is 1.71. The van der Waals surface area contributed by atoms with Crippen LogP contribution < -0.4 is 10.1 Å². The van der Waals surface area contributed by atoms with Crippen molar-refractivity contribution < 1.29 is 18.3 Å². The molecule has 0 aliphatic heterocycles. The van der Waals surface area contributed by atoms with E-state index in [9.17, 15) is 13.6 Å². The van der Waals surface area contributed by atoms with Crippen LogP contribution in [0.2, 0.25) is 0 Å². The third-order valence-electron chi connectivity index (χ3n) is 3.82. The molecule has 5 nitrogen and oxygen atoms in total. The lowest BCUT2D eigenvalue weighted by atomic mass is 10.1. The number of aromatic nitrogens is 2. The Labute approximate surface area is 159 Å². The number of hydrogen-bond acceptors (Lipinski definition) is 6. The van der Waals surface area contributed by atoms with E-state index in [1.165, 1.54) is 13.2 Å². The molecule has 8 heteroatoms. The molecule has 0 fully saturated rings. The molecule has 2 aromatic heterocycles. The SMILES string of the molecule is COc1nc(NCCc2ccc(C=O)cc2)cc(-c2ccc(C(F)F)s2)n1. The van der Waals surface area contributed by atoms with E-state index in [0.717, 1.165) is 29.6 Å². The molecule has 0 aliphatic carbocycles. The zero-order valence-corrected chi connectivity index (χ0v) is 15.3. The van der Waals surface area contributed by atoms with Gasteiger partial charge in [-0.15, -0.1) is 11.3 Å². The zero-order valence-electron chi connectivity index (χ0n) is 14.5. The molecule has 0 amide bonds. The molecule has 0 aliphatic rings. The smallest absolute Gasteiger partial charge is 0.318 e. The summed E-state index contributed by atoms with van der Waals surface area (Å²) in [5.41, 5.74) is 2.24. The minimum absolute atomic E-state index is 0.00383. The summed E-state index contributed by atoms with van der Waals surface area (Å²) in [7, 11) is 1.45. The Morgan fingerprint density at radius 1 is 1.19 bits per heavy atom. The van der Waals surface area contributed by atoms with Crippen molar-refractivity contribution >= 4 is 23.4 Å². The maximum atomic E-state index is 12.8. The predicted molar refractivity (Wildman–Crippen MR) is 101 cm³/mol. The van der Waals surface area contributed by atoms with Crippen LogP contribution in [-0.4, -0.2) is 29.9 Å². The van der Waals surface area contributed by atoms with Crippen molar-refractivity contribution in [1.82, 2.24) is 9.97 Å². The number of thiophene rings is 1. The highest BCUT2D eigenvalue weighted by Crippen LogP contribution is 2.33. The largest absolute Gasteiger partial charge is 0.467 e. The fourth-order valence-corrected chi connectivity index (χ4v) is 3.26. The maximum absolute atomic E-state index is 12.8. The molecule has 0 radical (unpaired) electrons. The lowest BCUT2D eigenvalue weighted by Crippen LogP contribution is -2.08. The summed E-state index contributed by atoms with van der Waals surface area (Å²) in [4.78, 5) is 19.8. The highest BCUT2D eigenvalue weighted by Gasteiger charge is 2.14. The van der Waals surface area contributed by atoms with E-state index >= 15 is 0 Å². The van der Waals surface area contributed by atoms with Gasteiger partial charge in [-0.3, -0.25) is 4.79 Å². The first kappa shape index (κ1) is 18.9. The number of ether oxygens (including phenoxy) is 1. The Bertz CT molecular complexity index is 914. The summed E-state index contributed by atoms with van der Waals surface area (Å²) in [6.07, 6.45) is -0.966. The molecule has 27 heavy (non-hydrogen) atoms. The van der Waals surface area contributed by atoms with Gasteiger partial charge in [0.25, 0.3) is 6.43 Å². The van der Waals surface area contributed by atoms with Crippen molar-refractivity contribution in [2.45, 2.75) is 12.8 Å².